The lowest BCUT2D eigenvalue weighted by Crippen LogP contribution is -2.10. The largest absolute Gasteiger partial charge is 0.435 e. The molecule has 0 amide bonds. The monoisotopic (exact) mass is 240 g/mol. The van der Waals surface area contributed by atoms with Crippen molar-refractivity contribution in [3.8, 4) is 0 Å². The van der Waals surface area contributed by atoms with E-state index in [2.05, 4.69) is 5.10 Å². The topological polar surface area (TPSA) is 17.8 Å². The molecule has 0 N–H and O–H groups in total. The highest BCUT2D eigenvalue weighted by Gasteiger charge is 2.37. The van der Waals surface area contributed by atoms with Crippen LogP contribution in [0.4, 0.5) is 13.2 Å². The van der Waals surface area contributed by atoms with Crippen LogP contribution in [-0.2, 0) is 12.7 Å². The first-order chi connectivity index (χ1) is 6.73. The number of aromatic nitrogens is 2. The van der Waals surface area contributed by atoms with Crippen LogP contribution in [0, 0.1) is 12.8 Å². The molecule has 0 atom stereocenters. The molecule has 0 unspecified atom stereocenters. The van der Waals surface area contributed by atoms with Crippen LogP contribution in [0.1, 0.15) is 25.1 Å². The van der Waals surface area contributed by atoms with Crippen LogP contribution in [0.25, 0.3) is 0 Å². The molecular formula is C9H12ClF3N2. The van der Waals surface area contributed by atoms with Crippen molar-refractivity contribution in [2.45, 2.75) is 33.5 Å². The number of rotatable bonds is 2. The second-order valence-electron chi connectivity index (χ2n) is 3.84. The smallest absolute Gasteiger partial charge is 0.253 e. The van der Waals surface area contributed by atoms with Crippen LogP contribution in [-0.4, -0.2) is 9.78 Å². The Labute approximate surface area is 91.0 Å². The summed E-state index contributed by atoms with van der Waals surface area (Å²) >= 11 is 5.76. The van der Waals surface area contributed by atoms with Crippen LogP contribution in [0.3, 0.4) is 0 Å². The van der Waals surface area contributed by atoms with Gasteiger partial charge in [0.15, 0.2) is 5.69 Å². The Morgan fingerprint density at radius 3 is 2.27 bits per heavy atom. The van der Waals surface area contributed by atoms with E-state index in [4.69, 9.17) is 11.6 Å². The van der Waals surface area contributed by atoms with E-state index >= 15 is 0 Å². The molecule has 0 saturated carbocycles. The van der Waals surface area contributed by atoms with Crippen molar-refractivity contribution in [2.24, 2.45) is 5.92 Å². The van der Waals surface area contributed by atoms with E-state index < -0.39 is 11.9 Å². The van der Waals surface area contributed by atoms with Crippen LogP contribution in [0.15, 0.2) is 0 Å². The molecule has 0 spiro atoms. The molecule has 6 heteroatoms. The molecule has 15 heavy (non-hydrogen) atoms. The Morgan fingerprint density at radius 1 is 1.40 bits per heavy atom. The molecule has 1 rings (SSSR count). The van der Waals surface area contributed by atoms with Crippen molar-refractivity contribution in [3.05, 3.63) is 16.4 Å². The van der Waals surface area contributed by atoms with Gasteiger partial charge in [0.25, 0.3) is 0 Å². The maximum absolute atomic E-state index is 12.4. The summed E-state index contributed by atoms with van der Waals surface area (Å²) in [7, 11) is 0. The third-order valence-electron chi connectivity index (χ3n) is 1.92. The van der Waals surface area contributed by atoms with Crippen LogP contribution >= 0.6 is 11.6 Å². The van der Waals surface area contributed by atoms with Gasteiger partial charge >= 0.3 is 6.18 Å². The van der Waals surface area contributed by atoms with Crippen molar-refractivity contribution in [3.63, 3.8) is 0 Å². The third-order valence-corrected chi connectivity index (χ3v) is 2.40. The van der Waals surface area contributed by atoms with Gasteiger partial charge in [-0.3, -0.25) is 4.68 Å². The predicted molar refractivity (Wildman–Crippen MR) is 51.8 cm³/mol. The van der Waals surface area contributed by atoms with Gasteiger partial charge in [0.2, 0.25) is 0 Å². The Hall–Kier alpha value is -0.710. The van der Waals surface area contributed by atoms with Crippen molar-refractivity contribution in [1.29, 1.82) is 0 Å². The lowest BCUT2D eigenvalue weighted by molar-refractivity contribution is -0.142. The minimum absolute atomic E-state index is 0.00943. The second kappa shape index (κ2) is 4.04. The summed E-state index contributed by atoms with van der Waals surface area (Å²) in [6.07, 6.45) is -4.43. The van der Waals surface area contributed by atoms with Crippen molar-refractivity contribution < 1.29 is 13.2 Å². The summed E-state index contributed by atoms with van der Waals surface area (Å²) in [5, 5.41) is 3.55. The molecule has 0 aromatic carbocycles. The fourth-order valence-corrected chi connectivity index (χ4v) is 1.46. The number of hydrogen-bond donors (Lipinski definition) is 0. The van der Waals surface area contributed by atoms with Gasteiger partial charge in [-0.15, -0.1) is 0 Å². The number of halogens is 4. The molecule has 0 aliphatic heterocycles. The zero-order chi connectivity index (χ0) is 11.8. The average Bonchev–Trinajstić information content (AvgIpc) is 2.30. The molecule has 0 radical (unpaired) electrons. The second-order valence-corrected chi connectivity index (χ2v) is 4.20. The summed E-state index contributed by atoms with van der Waals surface area (Å²) in [4.78, 5) is 0. The first-order valence-corrected chi connectivity index (χ1v) is 4.91. The summed E-state index contributed by atoms with van der Waals surface area (Å²) in [6, 6.07) is 0. The minimum Gasteiger partial charge on any atom is -0.253 e. The highest BCUT2D eigenvalue weighted by Crippen LogP contribution is 2.33. The quantitative estimate of drug-likeness (QED) is 0.773. The van der Waals surface area contributed by atoms with Crippen molar-refractivity contribution in [1.82, 2.24) is 9.78 Å². The normalized spacial score (nSPS) is 12.5. The Morgan fingerprint density at radius 2 is 1.93 bits per heavy atom. The fourth-order valence-electron chi connectivity index (χ4n) is 1.27. The standard InChI is InChI=1S/C9H12ClF3N2/c1-5(2)4-15-8(10)6(3)7(14-15)9(11,12)13/h5H,4H2,1-3H3. The molecule has 1 aromatic rings. The highest BCUT2D eigenvalue weighted by atomic mass is 35.5. The summed E-state index contributed by atoms with van der Waals surface area (Å²) in [5.74, 6) is 0.197. The molecule has 1 aromatic heterocycles. The van der Waals surface area contributed by atoms with E-state index in [-0.39, 0.29) is 16.6 Å². The zero-order valence-electron chi connectivity index (χ0n) is 8.69. The first kappa shape index (κ1) is 12.4. The summed E-state index contributed by atoms with van der Waals surface area (Å²) in [6.45, 7) is 5.49. The lowest BCUT2D eigenvalue weighted by Gasteiger charge is -2.05. The highest BCUT2D eigenvalue weighted by molar-refractivity contribution is 6.30. The van der Waals surface area contributed by atoms with Gasteiger partial charge in [-0.2, -0.15) is 18.3 Å². The lowest BCUT2D eigenvalue weighted by atomic mass is 10.2. The molecule has 0 aliphatic rings. The van der Waals surface area contributed by atoms with E-state index in [0.29, 0.717) is 6.54 Å². The van der Waals surface area contributed by atoms with Gasteiger partial charge in [-0.25, -0.2) is 0 Å². The fraction of sp³-hybridized carbons (Fsp3) is 0.667. The Balaban J connectivity index is 3.13. The molecule has 86 valence electrons. The Bertz CT molecular complexity index is 355. The SMILES string of the molecule is Cc1c(C(F)(F)F)nn(CC(C)C)c1Cl. The van der Waals surface area contributed by atoms with Gasteiger partial charge in [-0.1, -0.05) is 25.4 Å². The van der Waals surface area contributed by atoms with E-state index in [9.17, 15) is 13.2 Å². The summed E-state index contributed by atoms with van der Waals surface area (Å²) in [5.41, 5.74) is -0.905. The number of hydrogen-bond acceptors (Lipinski definition) is 1. The molecule has 0 aliphatic carbocycles. The molecule has 0 bridgehead atoms. The van der Waals surface area contributed by atoms with Gasteiger partial charge in [0.05, 0.1) is 0 Å². The van der Waals surface area contributed by atoms with Crippen LogP contribution in [0.5, 0.6) is 0 Å². The summed E-state index contributed by atoms with van der Waals surface area (Å²) < 4.78 is 38.5. The van der Waals surface area contributed by atoms with E-state index in [1.165, 1.54) is 11.6 Å². The van der Waals surface area contributed by atoms with E-state index in [0.717, 1.165) is 0 Å². The maximum Gasteiger partial charge on any atom is 0.435 e. The minimum atomic E-state index is -4.43. The Kier molecular flexibility index (Phi) is 3.33. The maximum atomic E-state index is 12.4. The zero-order valence-corrected chi connectivity index (χ0v) is 9.45. The molecule has 0 fully saturated rings. The number of alkyl halides is 3. The molecule has 2 nitrogen and oxygen atoms in total. The van der Waals surface area contributed by atoms with Crippen molar-refractivity contribution >= 4 is 11.6 Å². The molecular weight excluding hydrogens is 229 g/mol. The average molecular weight is 241 g/mol. The van der Waals surface area contributed by atoms with Gasteiger partial charge in [0, 0.05) is 12.1 Å². The van der Waals surface area contributed by atoms with Crippen LogP contribution < -0.4 is 0 Å². The van der Waals surface area contributed by atoms with Crippen molar-refractivity contribution in [2.75, 3.05) is 0 Å². The van der Waals surface area contributed by atoms with E-state index in [1.807, 2.05) is 13.8 Å². The predicted octanol–water partition coefficient (Wildman–Crippen LogP) is 3.52. The van der Waals surface area contributed by atoms with E-state index in [1.54, 1.807) is 0 Å². The molecule has 0 saturated heterocycles. The van der Waals surface area contributed by atoms with Gasteiger partial charge < -0.3 is 0 Å². The van der Waals surface area contributed by atoms with Gasteiger partial charge in [0.1, 0.15) is 5.15 Å². The molecule has 1 heterocycles. The first-order valence-electron chi connectivity index (χ1n) is 4.53. The third kappa shape index (κ3) is 2.65. The number of nitrogens with zero attached hydrogens (tertiary/aromatic N) is 2. The van der Waals surface area contributed by atoms with Crippen LogP contribution in [0.2, 0.25) is 5.15 Å². The van der Waals surface area contributed by atoms with Gasteiger partial charge in [-0.05, 0) is 12.8 Å².